The number of benzene rings is 5. The van der Waals surface area contributed by atoms with Crippen LogP contribution in [0.25, 0.3) is 69.0 Å². The summed E-state index contributed by atoms with van der Waals surface area (Å²) in [6.07, 6.45) is 0. The van der Waals surface area contributed by atoms with E-state index in [1.807, 2.05) is 11.3 Å². The second-order valence-electron chi connectivity index (χ2n) is 8.63. The Balaban J connectivity index is 1.72. The molecule has 8 aromatic rings. The normalized spacial score (nSPS) is 12.4. The highest BCUT2D eigenvalue weighted by Gasteiger charge is 2.15. The minimum absolute atomic E-state index is 1.27. The second kappa shape index (κ2) is 5.87. The Morgan fingerprint density at radius 3 is 1.94 bits per heavy atom. The first kappa shape index (κ1) is 16.8. The average molecular weight is 424 g/mol. The van der Waals surface area contributed by atoms with E-state index < -0.39 is 0 Å². The number of fused-ring (bicyclic) bond motifs is 12. The van der Waals surface area contributed by atoms with Crippen molar-refractivity contribution in [1.29, 1.82) is 0 Å². The van der Waals surface area contributed by atoms with Gasteiger partial charge in [-0.1, -0.05) is 60.7 Å². The Kier molecular flexibility index (Phi) is 3.08. The van der Waals surface area contributed by atoms with Gasteiger partial charge in [0.25, 0.3) is 0 Å². The standard InChI is InChI=1S/C30H17NS/c1-2-8-19-14-23-22(13-18(19)7-1)24-17-30-25(21-10-4-6-12-29(21)32-30)16-28(24)31-26-11-5-3-9-20(26)15-27(23)31/h1-17H. The highest BCUT2D eigenvalue weighted by Crippen LogP contribution is 2.41. The van der Waals surface area contributed by atoms with Gasteiger partial charge in [-0.05, 0) is 58.6 Å². The average Bonchev–Trinajstić information content (AvgIpc) is 3.40. The lowest BCUT2D eigenvalue weighted by Crippen LogP contribution is -1.91. The quantitative estimate of drug-likeness (QED) is 0.169. The van der Waals surface area contributed by atoms with Gasteiger partial charge < -0.3 is 4.40 Å². The van der Waals surface area contributed by atoms with Crippen LogP contribution in [0.4, 0.5) is 0 Å². The Morgan fingerprint density at radius 1 is 0.406 bits per heavy atom. The highest BCUT2D eigenvalue weighted by atomic mass is 32.1. The van der Waals surface area contributed by atoms with E-state index in [0.29, 0.717) is 0 Å². The summed E-state index contributed by atoms with van der Waals surface area (Å²) >= 11 is 1.89. The van der Waals surface area contributed by atoms with Gasteiger partial charge in [0.05, 0.1) is 16.6 Å². The first-order valence-electron chi connectivity index (χ1n) is 10.9. The van der Waals surface area contributed by atoms with Crippen LogP contribution in [0.15, 0.2) is 103 Å². The van der Waals surface area contributed by atoms with Gasteiger partial charge in [-0.2, -0.15) is 0 Å². The lowest BCUT2D eigenvalue weighted by molar-refractivity contribution is 1.35. The topological polar surface area (TPSA) is 4.41 Å². The van der Waals surface area contributed by atoms with Crippen molar-refractivity contribution in [3.63, 3.8) is 0 Å². The largest absolute Gasteiger partial charge is 0.309 e. The lowest BCUT2D eigenvalue weighted by atomic mass is 9.99. The van der Waals surface area contributed by atoms with E-state index >= 15 is 0 Å². The Labute approximate surface area is 187 Å². The van der Waals surface area contributed by atoms with E-state index in [-0.39, 0.29) is 0 Å². The molecule has 0 radical (unpaired) electrons. The summed E-state index contributed by atoms with van der Waals surface area (Å²) in [6, 6.07) is 38.1. The van der Waals surface area contributed by atoms with Crippen LogP contribution in [0.5, 0.6) is 0 Å². The molecule has 0 aliphatic carbocycles. The minimum Gasteiger partial charge on any atom is -0.309 e. The molecule has 0 fully saturated rings. The minimum atomic E-state index is 1.27. The molecule has 0 saturated heterocycles. The maximum Gasteiger partial charge on any atom is 0.0547 e. The Hall–Kier alpha value is -3.88. The van der Waals surface area contributed by atoms with Gasteiger partial charge in [-0.25, -0.2) is 0 Å². The fourth-order valence-electron chi connectivity index (χ4n) is 5.45. The van der Waals surface area contributed by atoms with Crippen molar-refractivity contribution >= 4 is 80.4 Å². The SMILES string of the molecule is c1ccc2cc3c(cc2c1)c1cc2sc4ccccc4c2cc1n1c2ccccc2cc31. The van der Waals surface area contributed by atoms with E-state index in [4.69, 9.17) is 0 Å². The van der Waals surface area contributed by atoms with Crippen molar-refractivity contribution in [3.8, 4) is 0 Å². The van der Waals surface area contributed by atoms with Crippen molar-refractivity contribution in [2.75, 3.05) is 0 Å². The zero-order chi connectivity index (χ0) is 20.8. The molecule has 32 heavy (non-hydrogen) atoms. The molecule has 0 unspecified atom stereocenters. The van der Waals surface area contributed by atoms with Crippen LogP contribution in [-0.2, 0) is 0 Å². The third-order valence-corrected chi connectivity index (χ3v) is 8.03. The predicted octanol–water partition coefficient (Wildman–Crippen LogP) is 8.92. The van der Waals surface area contributed by atoms with Crippen molar-refractivity contribution < 1.29 is 0 Å². The van der Waals surface area contributed by atoms with Gasteiger partial charge >= 0.3 is 0 Å². The van der Waals surface area contributed by atoms with Crippen LogP contribution in [0.3, 0.4) is 0 Å². The summed E-state index contributed by atoms with van der Waals surface area (Å²) in [7, 11) is 0. The summed E-state index contributed by atoms with van der Waals surface area (Å²) in [6.45, 7) is 0. The van der Waals surface area contributed by atoms with Crippen LogP contribution in [0.2, 0.25) is 0 Å². The number of thiophene rings is 1. The zero-order valence-corrected chi connectivity index (χ0v) is 18.0. The van der Waals surface area contributed by atoms with Crippen LogP contribution in [0, 0.1) is 0 Å². The summed E-state index contributed by atoms with van der Waals surface area (Å²) in [5, 5.41) is 10.5. The van der Waals surface area contributed by atoms with E-state index in [9.17, 15) is 0 Å². The zero-order valence-electron chi connectivity index (χ0n) is 17.2. The number of hydrogen-bond donors (Lipinski definition) is 0. The second-order valence-corrected chi connectivity index (χ2v) is 9.72. The fourth-order valence-corrected chi connectivity index (χ4v) is 6.58. The maximum atomic E-state index is 2.47. The van der Waals surface area contributed by atoms with Gasteiger partial charge in [-0.3, -0.25) is 0 Å². The van der Waals surface area contributed by atoms with Gasteiger partial charge in [0, 0.05) is 36.3 Å². The number of pyridine rings is 1. The van der Waals surface area contributed by atoms with E-state index in [1.54, 1.807) is 0 Å². The van der Waals surface area contributed by atoms with Crippen LogP contribution >= 0.6 is 11.3 Å². The van der Waals surface area contributed by atoms with E-state index in [2.05, 4.69) is 108 Å². The van der Waals surface area contributed by atoms with Crippen LogP contribution in [-0.4, -0.2) is 4.40 Å². The first-order valence-corrected chi connectivity index (χ1v) is 11.8. The van der Waals surface area contributed by atoms with E-state index in [1.165, 1.54) is 69.0 Å². The Bertz CT molecular complexity index is 2040. The fraction of sp³-hybridized carbons (Fsp3) is 0. The molecule has 0 atom stereocenters. The molecular weight excluding hydrogens is 406 g/mol. The molecular formula is C30H17NS. The molecule has 0 bridgehead atoms. The van der Waals surface area contributed by atoms with E-state index in [0.717, 1.165) is 0 Å². The van der Waals surface area contributed by atoms with Crippen molar-refractivity contribution in [2.24, 2.45) is 0 Å². The van der Waals surface area contributed by atoms with Crippen molar-refractivity contribution in [1.82, 2.24) is 4.40 Å². The molecule has 0 aliphatic rings. The summed E-state index contributed by atoms with van der Waals surface area (Å²) in [5.41, 5.74) is 3.82. The first-order chi connectivity index (χ1) is 15.8. The molecule has 0 N–H and O–H groups in total. The number of hydrogen-bond acceptors (Lipinski definition) is 1. The van der Waals surface area contributed by atoms with Crippen molar-refractivity contribution in [3.05, 3.63) is 103 Å². The molecule has 0 spiro atoms. The molecule has 2 heteroatoms. The summed E-state index contributed by atoms with van der Waals surface area (Å²) in [4.78, 5) is 0. The molecule has 3 aromatic heterocycles. The van der Waals surface area contributed by atoms with Crippen LogP contribution in [0.1, 0.15) is 0 Å². The smallest absolute Gasteiger partial charge is 0.0547 e. The molecule has 0 amide bonds. The molecule has 148 valence electrons. The van der Waals surface area contributed by atoms with Crippen LogP contribution < -0.4 is 0 Å². The molecule has 0 saturated carbocycles. The highest BCUT2D eigenvalue weighted by molar-refractivity contribution is 7.25. The van der Waals surface area contributed by atoms with Gasteiger partial charge in [0.15, 0.2) is 0 Å². The third-order valence-electron chi connectivity index (χ3n) is 6.90. The lowest BCUT2D eigenvalue weighted by Gasteiger charge is -2.12. The van der Waals surface area contributed by atoms with Gasteiger partial charge in [0.1, 0.15) is 0 Å². The number of rotatable bonds is 0. The maximum absolute atomic E-state index is 2.47. The summed E-state index contributed by atoms with van der Waals surface area (Å²) < 4.78 is 5.17. The molecule has 8 rings (SSSR count). The predicted molar refractivity (Wildman–Crippen MR) is 140 cm³/mol. The number of nitrogens with zero attached hydrogens (tertiary/aromatic N) is 1. The van der Waals surface area contributed by atoms with Gasteiger partial charge in [-0.15, -0.1) is 11.3 Å². The summed E-state index contributed by atoms with van der Waals surface area (Å²) in [5.74, 6) is 0. The molecule has 1 nitrogen and oxygen atoms in total. The number of aromatic nitrogens is 1. The molecule has 0 aliphatic heterocycles. The van der Waals surface area contributed by atoms with Crippen molar-refractivity contribution in [2.45, 2.75) is 0 Å². The monoisotopic (exact) mass is 423 g/mol. The molecule has 3 heterocycles. The van der Waals surface area contributed by atoms with Gasteiger partial charge in [0.2, 0.25) is 0 Å². The molecule has 5 aromatic carbocycles. The Morgan fingerprint density at radius 2 is 1.06 bits per heavy atom. The third kappa shape index (κ3) is 2.08. The number of para-hydroxylation sites is 1.